The number of hydrogen-bond acceptors (Lipinski definition) is 3. The van der Waals surface area contributed by atoms with Gasteiger partial charge in [0.25, 0.3) is 10.0 Å². The Morgan fingerprint density at radius 3 is 2.00 bits per heavy atom. The van der Waals surface area contributed by atoms with Crippen molar-refractivity contribution in [1.82, 2.24) is 0 Å². The molecule has 0 saturated heterocycles. The second-order valence-electron chi connectivity index (χ2n) is 4.04. The molecule has 2 rings (SSSR count). The van der Waals surface area contributed by atoms with Crippen LogP contribution in [0.2, 0.25) is 0 Å². The normalized spacial score (nSPS) is 11.1. The van der Waals surface area contributed by atoms with E-state index in [2.05, 4.69) is 0 Å². The number of benzene rings is 2. The Morgan fingerprint density at radius 1 is 1.00 bits per heavy atom. The summed E-state index contributed by atoms with van der Waals surface area (Å²) < 4.78 is 52.9. The van der Waals surface area contributed by atoms with Gasteiger partial charge < -0.3 is 5.11 Å². The van der Waals surface area contributed by atoms with E-state index in [9.17, 15) is 22.0 Å². The van der Waals surface area contributed by atoms with Crippen LogP contribution in [0.15, 0.2) is 47.4 Å². The van der Waals surface area contributed by atoms with Crippen molar-refractivity contribution >= 4 is 21.7 Å². The number of carboxylic acid groups (broad SMARTS) is 1. The van der Waals surface area contributed by atoms with E-state index in [1.807, 2.05) is 4.72 Å². The molecule has 0 radical (unpaired) electrons. The van der Waals surface area contributed by atoms with Crippen molar-refractivity contribution < 1.29 is 27.1 Å². The van der Waals surface area contributed by atoms with Crippen molar-refractivity contribution in [2.75, 3.05) is 4.72 Å². The van der Waals surface area contributed by atoms with Gasteiger partial charge in [-0.05, 0) is 36.4 Å². The third kappa shape index (κ3) is 3.16. The highest BCUT2D eigenvalue weighted by Crippen LogP contribution is 2.21. The number of hydrogen-bond donors (Lipinski definition) is 2. The van der Waals surface area contributed by atoms with Crippen LogP contribution in [0.5, 0.6) is 0 Å². The Balaban J connectivity index is 2.35. The molecule has 0 spiro atoms. The van der Waals surface area contributed by atoms with Gasteiger partial charge in [0, 0.05) is 5.69 Å². The van der Waals surface area contributed by atoms with E-state index in [-0.39, 0.29) is 11.3 Å². The molecule has 2 N–H and O–H groups in total. The smallest absolute Gasteiger partial charge is 0.335 e. The largest absolute Gasteiger partial charge is 0.478 e. The van der Waals surface area contributed by atoms with Crippen LogP contribution in [0.25, 0.3) is 0 Å². The van der Waals surface area contributed by atoms with Crippen molar-refractivity contribution in [1.29, 1.82) is 0 Å². The van der Waals surface area contributed by atoms with E-state index in [0.29, 0.717) is 0 Å². The van der Waals surface area contributed by atoms with Crippen molar-refractivity contribution in [3.05, 3.63) is 59.7 Å². The molecule has 0 fully saturated rings. The Morgan fingerprint density at radius 2 is 1.52 bits per heavy atom. The van der Waals surface area contributed by atoms with Crippen molar-refractivity contribution in [2.45, 2.75) is 4.90 Å². The fourth-order valence-corrected chi connectivity index (χ4v) is 2.82. The third-order valence-corrected chi connectivity index (χ3v) is 4.00. The molecule has 0 bridgehead atoms. The quantitative estimate of drug-likeness (QED) is 0.908. The standard InChI is InChI=1S/C13H9F2NO4S/c14-10-2-1-3-11(15)12(10)21(19,20)16-9-6-4-8(5-7-9)13(17)18/h1-7,16H,(H,17,18). The summed E-state index contributed by atoms with van der Waals surface area (Å²) >= 11 is 0. The summed E-state index contributed by atoms with van der Waals surface area (Å²) in [5.74, 6) is -3.61. The SMILES string of the molecule is O=C(O)c1ccc(NS(=O)(=O)c2c(F)cccc2F)cc1. The van der Waals surface area contributed by atoms with Crippen molar-refractivity contribution in [3.63, 3.8) is 0 Å². The van der Waals surface area contributed by atoms with E-state index in [0.717, 1.165) is 30.3 Å². The van der Waals surface area contributed by atoms with Gasteiger partial charge in [-0.15, -0.1) is 0 Å². The summed E-state index contributed by atoms with van der Waals surface area (Å²) in [5, 5.41) is 8.72. The predicted octanol–water partition coefficient (Wildman–Crippen LogP) is 2.46. The maximum Gasteiger partial charge on any atom is 0.335 e. The molecular formula is C13H9F2NO4S. The van der Waals surface area contributed by atoms with Crippen molar-refractivity contribution in [2.24, 2.45) is 0 Å². The van der Waals surface area contributed by atoms with Gasteiger partial charge in [-0.3, -0.25) is 4.72 Å². The maximum atomic E-state index is 13.5. The minimum absolute atomic E-state index is 0.0114. The fraction of sp³-hybridized carbons (Fsp3) is 0. The molecule has 0 aliphatic heterocycles. The number of aromatic carboxylic acids is 1. The minimum Gasteiger partial charge on any atom is -0.478 e. The molecule has 5 nitrogen and oxygen atoms in total. The molecule has 21 heavy (non-hydrogen) atoms. The molecular weight excluding hydrogens is 304 g/mol. The molecule has 2 aromatic carbocycles. The summed E-state index contributed by atoms with van der Waals surface area (Å²) in [4.78, 5) is 9.58. The van der Waals surface area contributed by atoms with Gasteiger partial charge in [-0.1, -0.05) is 6.07 Å². The number of carboxylic acids is 1. The lowest BCUT2D eigenvalue weighted by molar-refractivity contribution is 0.0697. The molecule has 2 aromatic rings. The van der Waals surface area contributed by atoms with Crippen LogP contribution in [0.3, 0.4) is 0 Å². The number of carbonyl (C=O) groups is 1. The Bertz CT molecular complexity index is 768. The molecule has 0 aliphatic rings. The molecule has 0 unspecified atom stereocenters. The first-order valence-electron chi connectivity index (χ1n) is 5.61. The lowest BCUT2D eigenvalue weighted by atomic mass is 10.2. The average molecular weight is 313 g/mol. The van der Waals surface area contributed by atoms with Gasteiger partial charge in [0.05, 0.1) is 5.56 Å². The van der Waals surface area contributed by atoms with Crippen LogP contribution in [0.1, 0.15) is 10.4 Å². The van der Waals surface area contributed by atoms with Gasteiger partial charge in [0.2, 0.25) is 0 Å². The molecule has 0 heterocycles. The highest BCUT2D eigenvalue weighted by atomic mass is 32.2. The van der Waals surface area contributed by atoms with Crippen LogP contribution < -0.4 is 4.72 Å². The summed E-state index contributed by atoms with van der Waals surface area (Å²) in [6, 6.07) is 7.39. The van der Waals surface area contributed by atoms with E-state index in [1.165, 1.54) is 12.1 Å². The van der Waals surface area contributed by atoms with E-state index in [1.54, 1.807) is 0 Å². The molecule has 0 saturated carbocycles. The zero-order chi connectivity index (χ0) is 15.6. The third-order valence-electron chi connectivity index (χ3n) is 2.57. The van der Waals surface area contributed by atoms with Gasteiger partial charge in [0.1, 0.15) is 11.6 Å². The zero-order valence-corrected chi connectivity index (χ0v) is 11.2. The lowest BCUT2D eigenvalue weighted by Crippen LogP contribution is -2.16. The topological polar surface area (TPSA) is 83.5 Å². The summed E-state index contributed by atoms with van der Waals surface area (Å²) in [6.07, 6.45) is 0. The predicted molar refractivity (Wildman–Crippen MR) is 70.6 cm³/mol. The number of anilines is 1. The highest BCUT2D eigenvalue weighted by molar-refractivity contribution is 7.92. The number of nitrogens with one attached hydrogen (secondary N) is 1. The molecule has 0 aliphatic carbocycles. The number of rotatable bonds is 4. The summed E-state index contributed by atoms with van der Waals surface area (Å²) in [7, 11) is -4.46. The summed E-state index contributed by atoms with van der Waals surface area (Å²) in [5.41, 5.74) is -0.0577. The average Bonchev–Trinajstić information content (AvgIpc) is 2.38. The monoisotopic (exact) mass is 313 g/mol. The van der Waals surface area contributed by atoms with Crippen LogP contribution in [0.4, 0.5) is 14.5 Å². The molecule has 0 aromatic heterocycles. The first kappa shape index (κ1) is 14.9. The Labute approximate surface area is 118 Å². The van der Waals surface area contributed by atoms with Crippen LogP contribution in [-0.4, -0.2) is 19.5 Å². The number of halogens is 2. The summed E-state index contributed by atoms with van der Waals surface area (Å²) in [6.45, 7) is 0. The first-order valence-corrected chi connectivity index (χ1v) is 7.10. The van der Waals surface area contributed by atoms with E-state index in [4.69, 9.17) is 5.11 Å². The Hall–Kier alpha value is -2.48. The van der Waals surface area contributed by atoms with E-state index < -0.39 is 32.5 Å². The zero-order valence-electron chi connectivity index (χ0n) is 10.4. The lowest BCUT2D eigenvalue weighted by Gasteiger charge is -2.09. The highest BCUT2D eigenvalue weighted by Gasteiger charge is 2.23. The second kappa shape index (κ2) is 5.49. The minimum atomic E-state index is -4.46. The molecule has 110 valence electrons. The fourth-order valence-electron chi connectivity index (χ4n) is 1.63. The first-order chi connectivity index (χ1) is 9.81. The molecule has 8 heteroatoms. The van der Waals surface area contributed by atoms with Crippen LogP contribution >= 0.6 is 0 Å². The number of sulfonamides is 1. The van der Waals surface area contributed by atoms with Gasteiger partial charge in [-0.2, -0.15) is 0 Å². The van der Waals surface area contributed by atoms with Crippen LogP contribution in [-0.2, 0) is 10.0 Å². The van der Waals surface area contributed by atoms with Gasteiger partial charge in [0.15, 0.2) is 4.90 Å². The van der Waals surface area contributed by atoms with Crippen LogP contribution in [0, 0.1) is 11.6 Å². The maximum absolute atomic E-state index is 13.5. The molecule has 0 amide bonds. The van der Waals surface area contributed by atoms with Gasteiger partial charge >= 0.3 is 5.97 Å². The van der Waals surface area contributed by atoms with E-state index >= 15 is 0 Å². The Kier molecular flexibility index (Phi) is 3.90. The van der Waals surface area contributed by atoms with Crippen molar-refractivity contribution in [3.8, 4) is 0 Å². The van der Waals surface area contributed by atoms with Gasteiger partial charge in [-0.25, -0.2) is 22.0 Å². The second-order valence-corrected chi connectivity index (χ2v) is 5.66. The molecule has 0 atom stereocenters.